The zero-order valence-corrected chi connectivity index (χ0v) is 11.7. The lowest BCUT2D eigenvalue weighted by molar-refractivity contribution is -0.139. The topological polar surface area (TPSA) is 64.3 Å². The van der Waals surface area contributed by atoms with Gasteiger partial charge in [-0.1, -0.05) is 0 Å². The number of rotatable bonds is 3. The summed E-state index contributed by atoms with van der Waals surface area (Å²) < 4.78 is 38.4. The van der Waals surface area contributed by atoms with Gasteiger partial charge in [-0.05, 0) is 37.0 Å². The SMILES string of the molecule is N#Cc1ccc(C(F)(F)F)cc1N1CCC(CC(=O)O)CC1. The van der Waals surface area contributed by atoms with Crippen molar-refractivity contribution in [3.05, 3.63) is 29.3 Å². The van der Waals surface area contributed by atoms with Gasteiger partial charge in [-0.25, -0.2) is 0 Å². The molecule has 1 heterocycles. The monoisotopic (exact) mass is 312 g/mol. The van der Waals surface area contributed by atoms with Crippen molar-refractivity contribution in [1.82, 2.24) is 0 Å². The normalized spacial score (nSPS) is 16.4. The van der Waals surface area contributed by atoms with Crippen LogP contribution in [-0.2, 0) is 11.0 Å². The van der Waals surface area contributed by atoms with Crippen molar-refractivity contribution >= 4 is 11.7 Å². The van der Waals surface area contributed by atoms with Gasteiger partial charge in [0, 0.05) is 19.5 Å². The van der Waals surface area contributed by atoms with Crippen molar-refractivity contribution in [3.63, 3.8) is 0 Å². The molecular formula is C15H15F3N2O2. The lowest BCUT2D eigenvalue weighted by Crippen LogP contribution is -2.35. The number of anilines is 1. The standard InChI is InChI=1S/C15H15F3N2O2/c16-15(17,18)12-2-1-11(9-19)13(8-12)20-5-3-10(4-6-20)7-14(21)22/h1-2,8,10H,3-7H2,(H,21,22). The molecule has 1 aromatic rings. The zero-order chi connectivity index (χ0) is 16.3. The van der Waals surface area contributed by atoms with Crippen LogP contribution in [-0.4, -0.2) is 24.2 Å². The fraction of sp³-hybridized carbons (Fsp3) is 0.467. The molecule has 0 aromatic heterocycles. The molecule has 0 saturated carbocycles. The molecule has 1 fully saturated rings. The number of piperidine rings is 1. The fourth-order valence-electron chi connectivity index (χ4n) is 2.69. The van der Waals surface area contributed by atoms with Gasteiger partial charge in [-0.15, -0.1) is 0 Å². The van der Waals surface area contributed by atoms with E-state index in [2.05, 4.69) is 0 Å². The molecule has 0 atom stereocenters. The largest absolute Gasteiger partial charge is 0.481 e. The van der Waals surface area contributed by atoms with Crippen LogP contribution in [0.2, 0.25) is 0 Å². The van der Waals surface area contributed by atoms with Gasteiger partial charge < -0.3 is 10.0 Å². The van der Waals surface area contributed by atoms with Crippen molar-refractivity contribution in [2.75, 3.05) is 18.0 Å². The van der Waals surface area contributed by atoms with E-state index in [0.29, 0.717) is 25.9 Å². The van der Waals surface area contributed by atoms with Gasteiger partial charge in [-0.3, -0.25) is 4.79 Å². The number of aliphatic carboxylic acids is 1. The molecule has 0 unspecified atom stereocenters. The second-order valence-corrected chi connectivity index (χ2v) is 5.37. The molecule has 1 aromatic carbocycles. The molecule has 22 heavy (non-hydrogen) atoms. The molecule has 1 aliphatic rings. The number of nitrogens with zero attached hydrogens (tertiary/aromatic N) is 2. The number of benzene rings is 1. The maximum absolute atomic E-state index is 12.8. The van der Waals surface area contributed by atoms with Crippen LogP contribution in [0.4, 0.5) is 18.9 Å². The molecule has 0 radical (unpaired) electrons. The average molecular weight is 312 g/mol. The molecule has 4 nitrogen and oxygen atoms in total. The number of carboxylic acid groups (broad SMARTS) is 1. The highest BCUT2D eigenvalue weighted by molar-refractivity contribution is 5.67. The number of hydrogen-bond acceptors (Lipinski definition) is 3. The second kappa shape index (κ2) is 6.26. The van der Waals surface area contributed by atoms with Gasteiger partial charge in [-0.2, -0.15) is 18.4 Å². The number of nitriles is 1. The fourth-order valence-corrected chi connectivity index (χ4v) is 2.69. The smallest absolute Gasteiger partial charge is 0.416 e. The zero-order valence-electron chi connectivity index (χ0n) is 11.7. The van der Waals surface area contributed by atoms with Crippen LogP contribution < -0.4 is 4.90 Å². The van der Waals surface area contributed by atoms with E-state index in [0.717, 1.165) is 12.1 Å². The van der Waals surface area contributed by atoms with Crippen LogP contribution in [0.25, 0.3) is 0 Å². The third-order valence-electron chi connectivity index (χ3n) is 3.86. The first-order valence-electron chi connectivity index (χ1n) is 6.89. The van der Waals surface area contributed by atoms with E-state index in [-0.39, 0.29) is 23.6 Å². The summed E-state index contributed by atoms with van der Waals surface area (Å²) in [4.78, 5) is 12.4. The van der Waals surface area contributed by atoms with Crippen molar-refractivity contribution in [3.8, 4) is 6.07 Å². The molecule has 0 amide bonds. The van der Waals surface area contributed by atoms with Gasteiger partial charge in [0.25, 0.3) is 0 Å². The Morgan fingerprint density at radius 1 is 1.36 bits per heavy atom. The predicted octanol–water partition coefficient (Wildman–Crippen LogP) is 3.27. The molecule has 118 valence electrons. The summed E-state index contributed by atoms with van der Waals surface area (Å²) in [7, 11) is 0. The van der Waals surface area contributed by atoms with Crippen molar-refractivity contribution in [1.29, 1.82) is 5.26 Å². The Morgan fingerprint density at radius 3 is 2.50 bits per heavy atom. The Balaban J connectivity index is 2.19. The predicted molar refractivity (Wildman–Crippen MR) is 73.3 cm³/mol. The first-order valence-corrected chi connectivity index (χ1v) is 6.89. The van der Waals surface area contributed by atoms with E-state index < -0.39 is 17.7 Å². The van der Waals surface area contributed by atoms with Crippen LogP contribution in [0.3, 0.4) is 0 Å². The summed E-state index contributed by atoms with van der Waals surface area (Å²) in [6.07, 6.45) is -3.20. The molecule has 7 heteroatoms. The minimum absolute atomic E-state index is 0.0325. The van der Waals surface area contributed by atoms with Crippen LogP contribution in [0.1, 0.15) is 30.4 Å². The number of alkyl halides is 3. The molecule has 1 N–H and O–H groups in total. The minimum atomic E-state index is -4.45. The molecule has 0 bridgehead atoms. The second-order valence-electron chi connectivity index (χ2n) is 5.37. The third-order valence-corrected chi connectivity index (χ3v) is 3.86. The number of carboxylic acids is 1. The number of halogens is 3. The van der Waals surface area contributed by atoms with Crippen molar-refractivity contribution in [2.45, 2.75) is 25.4 Å². The van der Waals surface area contributed by atoms with Gasteiger partial charge >= 0.3 is 12.1 Å². The molecule has 0 spiro atoms. The highest BCUT2D eigenvalue weighted by Gasteiger charge is 2.32. The van der Waals surface area contributed by atoms with Gasteiger partial charge in [0.15, 0.2) is 0 Å². The Labute approximate surface area is 125 Å². The molecule has 0 aliphatic carbocycles. The maximum atomic E-state index is 12.8. The van der Waals surface area contributed by atoms with Crippen LogP contribution in [0.15, 0.2) is 18.2 Å². The highest BCUT2D eigenvalue weighted by atomic mass is 19.4. The molecular weight excluding hydrogens is 297 g/mol. The highest BCUT2D eigenvalue weighted by Crippen LogP contribution is 2.35. The summed E-state index contributed by atoms with van der Waals surface area (Å²) in [5.74, 6) is -0.833. The van der Waals surface area contributed by atoms with E-state index in [1.54, 1.807) is 4.90 Å². The van der Waals surface area contributed by atoms with Gasteiger partial charge in [0.05, 0.1) is 16.8 Å². The Morgan fingerprint density at radius 2 is 2.00 bits per heavy atom. The molecule has 2 rings (SSSR count). The summed E-state index contributed by atoms with van der Waals surface area (Å²) in [5.41, 5.74) is -0.315. The molecule has 1 aliphatic heterocycles. The van der Waals surface area contributed by atoms with E-state index in [9.17, 15) is 18.0 Å². The van der Waals surface area contributed by atoms with E-state index in [1.165, 1.54) is 6.07 Å². The van der Waals surface area contributed by atoms with Crippen molar-refractivity contribution in [2.24, 2.45) is 5.92 Å². The number of carbonyl (C=O) groups is 1. The summed E-state index contributed by atoms with van der Waals surface area (Å²) >= 11 is 0. The first kappa shape index (κ1) is 16.1. The van der Waals surface area contributed by atoms with Crippen LogP contribution >= 0.6 is 0 Å². The third kappa shape index (κ3) is 3.70. The lowest BCUT2D eigenvalue weighted by atomic mass is 9.93. The Hall–Kier alpha value is -2.23. The van der Waals surface area contributed by atoms with E-state index in [4.69, 9.17) is 10.4 Å². The van der Waals surface area contributed by atoms with Crippen molar-refractivity contribution < 1.29 is 23.1 Å². The lowest BCUT2D eigenvalue weighted by Gasteiger charge is -2.33. The summed E-state index contributed by atoms with van der Waals surface area (Å²) in [6.45, 7) is 0.905. The van der Waals surface area contributed by atoms with Gasteiger partial charge in [0.1, 0.15) is 6.07 Å². The quantitative estimate of drug-likeness (QED) is 0.930. The molecule has 1 saturated heterocycles. The van der Waals surface area contributed by atoms with Gasteiger partial charge in [0.2, 0.25) is 0 Å². The van der Waals surface area contributed by atoms with E-state index >= 15 is 0 Å². The Kier molecular flexibility index (Phi) is 4.59. The van der Waals surface area contributed by atoms with Crippen LogP contribution in [0.5, 0.6) is 0 Å². The summed E-state index contributed by atoms with van der Waals surface area (Å²) in [6, 6.07) is 4.99. The summed E-state index contributed by atoms with van der Waals surface area (Å²) in [5, 5.41) is 17.9. The first-order chi connectivity index (χ1) is 10.3. The minimum Gasteiger partial charge on any atom is -0.481 e. The van der Waals surface area contributed by atoms with E-state index in [1.807, 2.05) is 6.07 Å². The average Bonchev–Trinajstić information content (AvgIpc) is 2.46. The van der Waals surface area contributed by atoms with Crippen LogP contribution in [0, 0.1) is 17.2 Å². The number of hydrogen-bond donors (Lipinski definition) is 1. The maximum Gasteiger partial charge on any atom is 0.416 e. The Bertz CT molecular complexity index is 600.